The summed E-state index contributed by atoms with van der Waals surface area (Å²) in [6, 6.07) is 39.1. The molecule has 274 valence electrons. The van der Waals surface area contributed by atoms with E-state index < -0.39 is 23.5 Å². The van der Waals surface area contributed by atoms with Gasteiger partial charge in [0, 0.05) is 27.5 Å². The van der Waals surface area contributed by atoms with Crippen LogP contribution < -0.4 is 0 Å². The minimum atomic E-state index is -5.01. The van der Waals surface area contributed by atoms with Gasteiger partial charge in [0.15, 0.2) is 17.5 Å². The molecule has 0 saturated carbocycles. The van der Waals surface area contributed by atoms with Crippen molar-refractivity contribution < 1.29 is 26.3 Å². The largest absolute Gasteiger partial charge is 0.416 e. The molecule has 0 aliphatic heterocycles. The predicted molar refractivity (Wildman–Crippen MR) is 205 cm³/mol. The summed E-state index contributed by atoms with van der Waals surface area (Å²) in [5, 5.41) is 1.84. The first kappa shape index (κ1) is 35.7. The fourth-order valence-corrected chi connectivity index (χ4v) is 6.83. The van der Waals surface area contributed by atoms with Crippen LogP contribution in [0.2, 0.25) is 0 Å². The van der Waals surface area contributed by atoms with Gasteiger partial charge in [0.25, 0.3) is 0 Å². The monoisotopic (exact) mass is 742 g/mol. The zero-order chi connectivity index (χ0) is 38.7. The van der Waals surface area contributed by atoms with E-state index in [-0.39, 0.29) is 28.4 Å². The Hall–Kier alpha value is -6.29. The molecule has 0 atom stereocenters. The van der Waals surface area contributed by atoms with E-state index in [0.29, 0.717) is 22.9 Å². The number of hydrogen-bond donors (Lipinski definition) is 0. The number of para-hydroxylation sites is 1. The smallest absolute Gasteiger partial charge is 0.308 e. The molecule has 4 nitrogen and oxygen atoms in total. The van der Waals surface area contributed by atoms with Crippen molar-refractivity contribution in [1.82, 2.24) is 19.5 Å². The Bertz CT molecular complexity index is 2620. The van der Waals surface area contributed by atoms with Crippen molar-refractivity contribution in [3.05, 3.63) is 156 Å². The van der Waals surface area contributed by atoms with Crippen LogP contribution in [0.1, 0.15) is 37.5 Å². The van der Waals surface area contributed by atoms with Crippen LogP contribution in [-0.4, -0.2) is 19.5 Å². The van der Waals surface area contributed by atoms with Crippen LogP contribution in [-0.2, 0) is 17.8 Å². The van der Waals surface area contributed by atoms with E-state index in [0.717, 1.165) is 50.6 Å². The molecule has 6 aromatic carbocycles. The third-order valence-corrected chi connectivity index (χ3v) is 9.64. The third kappa shape index (κ3) is 6.84. The number of rotatable bonds is 5. The number of aromatic nitrogens is 4. The lowest BCUT2D eigenvalue weighted by atomic mass is 9.86. The fourth-order valence-electron chi connectivity index (χ4n) is 6.83. The lowest BCUT2D eigenvalue weighted by molar-refractivity contribution is -0.143. The first-order valence-corrected chi connectivity index (χ1v) is 17.5. The highest BCUT2D eigenvalue weighted by Crippen LogP contribution is 2.42. The van der Waals surface area contributed by atoms with E-state index in [1.165, 1.54) is 6.07 Å². The van der Waals surface area contributed by atoms with Gasteiger partial charge in [-0.3, -0.25) is 0 Å². The van der Waals surface area contributed by atoms with E-state index in [1.807, 2.05) is 95.6 Å². The number of fused-ring (bicyclic) bond motifs is 3. The van der Waals surface area contributed by atoms with Crippen LogP contribution in [0, 0.1) is 0 Å². The normalized spacial score (nSPS) is 12.5. The minimum absolute atomic E-state index is 0.140. The van der Waals surface area contributed by atoms with E-state index in [9.17, 15) is 26.3 Å². The van der Waals surface area contributed by atoms with Crippen LogP contribution >= 0.6 is 0 Å². The average Bonchev–Trinajstić information content (AvgIpc) is 3.50. The molecule has 8 rings (SSSR count). The zero-order valence-corrected chi connectivity index (χ0v) is 29.8. The number of hydrogen-bond acceptors (Lipinski definition) is 3. The number of nitrogens with zero attached hydrogens (tertiary/aromatic N) is 4. The highest BCUT2D eigenvalue weighted by atomic mass is 19.4. The second-order valence-corrected chi connectivity index (χ2v) is 14.4. The van der Waals surface area contributed by atoms with Gasteiger partial charge in [0.05, 0.1) is 27.8 Å². The number of halogens is 6. The fraction of sp³-hybridized carbons (Fsp3) is 0.133. The quantitative estimate of drug-likeness (QED) is 0.165. The molecule has 0 bridgehead atoms. The van der Waals surface area contributed by atoms with Crippen molar-refractivity contribution in [3.8, 4) is 51.0 Å². The Morgan fingerprint density at radius 2 is 0.945 bits per heavy atom. The van der Waals surface area contributed by atoms with Crippen LogP contribution in [0.15, 0.2) is 140 Å². The average molecular weight is 743 g/mol. The molecule has 2 heterocycles. The molecule has 0 aliphatic carbocycles. The summed E-state index contributed by atoms with van der Waals surface area (Å²) in [6.07, 6.45) is -10.0. The Morgan fingerprint density at radius 1 is 0.418 bits per heavy atom. The van der Waals surface area contributed by atoms with Crippen LogP contribution in [0.4, 0.5) is 26.3 Å². The Labute approximate surface area is 312 Å². The van der Waals surface area contributed by atoms with Crippen molar-refractivity contribution >= 4 is 21.8 Å². The van der Waals surface area contributed by atoms with Gasteiger partial charge in [0.1, 0.15) is 0 Å². The summed E-state index contributed by atoms with van der Waals surface area (Å²) in [5.41, 5.74) is 1.91. The summed E-state index contributed by atoms with van der Waals surface area (Å²) in [4.78, 5) is 14.7. The molecule has 2 aromatic heterocycles. The second kappa shape index (κ2) is 13.2. The second-order valence-electron chi connectivity index (χ2n) is 14.4. The van der Waals surface area contributed by atoms with Crippen LogP contribution in [0.3, 0.4) is 0 Å². The van der Waals surface area contributed by atoms with Gasteiger partial charge in [0.2, 0.25) is 0 Å². The Morgan fingerprint density at radius 3 is 1.51 bits per heavy atom. The summed E-state index contributed by atoms with van der Waals surface area (Å²) in [5.74, 6) is 1.06. The van der Waals surface area contributed by atoms with Gasteiger partial charge < -0.3 is 4.57 Å². The maximum atomic E-state index is 14.1. The molecule has 10 heteroatoms. The Kier molecular flexibility index (Phi) is 8.59. The van der Waals surface area contributed by atoms with E-state index in [4.69, 9.17) is 15.0 Å². The van der Waals surface area contributed by atoms with Gasteiger partial charge in [-0.2, -0.15) is 26.3 Å². The summed E-state index contributed by atoms with van der Waals surface area (Å²) in [6.45, 7) is 6.29. The SMILES string of the molecule is CC(C)(C)c1ccc2c3ccccc3n(-c3cc(-c4cc(C(F)(F)F)cc(C(F)(F)F)c4)ccc3-c3nc(-c4ccccc4)nc(-c4ccccc4)n3)c2c1. The van der Waals surface area contributed by atoms with E-state index >= 15 is 0 Å². The lowest BCUT2D eigenvalue weighted by Gasteiger charge is -2.20. The molecule has 0 spiro atoms. The minimum Gasteiger partial charge on any atom is -0.308 e. The van der Waals surface area contributed by atoms with E-state index in [1.54, 1.807) is 12.1 Å². The van der Waals surface area contributed by atoms with Crippen molar-refractivity contribution in [3.63, 3.8) is 0 Å². The molecule has 0 unspecified atom stereocenters. The number of benzene rings is 6. The van der Waals surface area contributed by atoms with Crippen molar-refractivity contribution in [2.45, 2.75) is 38.5 Å². The highest BCUT2D eigenvalue weighted by molar-refractivity contribution is 6.10. The van der Waals surface area contributed by atoms with Crippen molar-refractivity contribution in [2.24, 2.45) is 0 Å². The molecule has 0 amide bonds. The molecule has 0 saturated heterocycles. The first-order chi connectivity index (χ1) is 26.1. The van der Waals surface area contributed by atoms with Gasteiger partial charge in [-0.25, -0.2) is 15.0 Å². The van der Waals surface area contributed by atoms with Gasteiger partial charge in [-0.05, 0) is 64.6 Å². The zero-order valence-electron chi connectivity index (χ0n) is 29.8. The highest BCUT2D eigenvalue weighted by Gasteiger charge is 2.37. The molecule has 0 N–H and O–H groups in total. The summed E-state index contributed by atoms with van der Waals surface area (Å²) >= 11 is 0. The third-order valence-electron chi connectivity index (χ3n) is 9.64. The topological polar surface area (TPSA) is 43.6 Å². The first-order valence-electron chi connectivity index (χ1n) is 17.5. The maximum absolute atomic E-state index is 14.1. The Balaban J connectivity index is 1.48. The van der Waals surface area contributed by atoms with Crippen molar-refractivity contribution in [1.29, 1.82) is 0 Å². The van der Waals surface area contributed by atoms with Gasteiger partial charge >= 0.3 is 12.4 Å². The molecule has 8 aromatic rings. The molecular formula is C45H32F6N4. The predicted octanol–water partition coefficient (Wildman–Crippen LogP) is 13.0. The summed E-state index contributed by atoms with van der Waals surface area (Å²) in [7, 11) is 0. The molecule has 0 radical (unpaired) electrons. The lowest BCUT2D eigenvalue weighted by Crippen LogP contribution is -2.11. The van der Waals surface area contributed by atoms with Gasteiger partial charge in [-0.1, -0.05) is 118 Å². The standard InChI is InChI=1S/C45H32F6N4/c1-43(2,3)31-19-21-35-34-16-10-11-17-37(34)55(39(35)26-31)38-24-29(30-22-32(44(46,47)48)25-33(23-30)45(49,50)51)18-20-36(38)42-53-40(27-12-6-4-7-13-27)52-41(54-42)28-14-8-5-9-15-28/h4-26H,1-3H3. The van der Waals surface area contributed by atoms with E-state index in [2.05, 4.69) is 32.9 Å². The van der Waals surface area contributed by atoms with Gasteiger partial charge in [-0.15, -0.1) is 0 Å². The summed E-state index contributed by atoms with van der Waals surface area (Å²) < 4.78 is 86.5. The van der Waals surface area contributed by atoms with Crippen LogP contribution in [0.25, 0.3) is 72.8 Å². The molecule has 0 aliphatic rings. The van der Waals surface area contributed by atoms with Crippen LogP contribution in [0.5, 0.6) is 0 Å². The number of alkyl halides is 6. The molecular weight excluding hydrogens is 711 g/mol. The molecule has 55 heavy (non-hydrogen) atoms. The maximum Gasteiger partial charge on any atom is 0.416 e. The van der Waals surface area contributed by atoms with Crippen molar-refractivity contribution in [2.75, 3.05) is 0 Å². The molecule has 0 fully saturated rings.